The lowest BCUT2D eigenvalue weighted by atomic mass is 10.0. The Hall–Kier alpha value is -2.62. The molecule has 1 aromatic heterocycles. The molecule has 0 unspecified atom stereocenters. The van der Waals surface area contributed by atoms with Crippen LogP contribution in [0.5, 0.6) is 0 Å². The lowest BCUT2D eigenvalue weighted by Gasteiger charge is -2.11. The smallest absolute Gasteiger partial charge is 0.247 e. The van der Waals surface area contributed by atoms with Gasteiger partial charge in [-0.25, -0.2) is 0 Å². The van der Waals surface area contributed by atoms with Crippen molar-refractivity contribution in [3.8, 4) is 11.5 Å². The minimum absolute atomic E-state index is 0.533. The number of hydrogen-bond acceptors (Lipinski definition) is 4. The maximum absolute atomic E-state index is 5.22. The van der Waals surface area contributed by atoms with Gasteiger partial charge in [-0.15, -0.1) is 10.2 Å². The number of nitrogens with one attached hydrogen (secondary N) is 1. The fraction of sp³-hybridized carbons (Fsp3) is 0.176. The fourth-order valence-corrected chi connectivity index (χ4v) is 2.26. The standard InChI is InChI=1S/C17H17N3O/c1-12-5-3-7-15(13(12)2)10-18-16-8-4-6-14(9-16)17-20-19-11-21-17/h3-9,11,18H,10H2,1-2H3. The van der Waals surface area contributed by atoms with E-state index in [0.717, 1.165) is 17.8 Å². The average molecular weight is 279 g/mol. The molecule has 106 valence electrons. The molecule has 0 saturated heterocycles. The van der Waals surface area contributed by atoms with E-state index in [0.29, 0.717) is 5.89 Å². The highest BCUT2D eigenvalue weighted by atomic mass is 16.4. The summed E-state index contributed by atoms with van der Waals surface area (Å²) in [6, 6.07) is 14.4. The molecule has 0 bridgehead atoms. The zero-order valence-corrected chi connectivity index (χ0v) is 12.1. The van der Waals surface area contributed by atoms with Gasteiger partial charge in [-0.1, -0.05) is 24.3 Å². The van der Waals surface area contributed by atoms with Crippen LogP contribution in [0, 0.1) is 13.8 Å². The van der Waals surface area contributed by atoms with Crippen LogP contribution in [0.15, 0.2) is 53.3 Å². The predicted molar refractivity (Wildman–Crippen MR) is 83.0 cm³/mol. The summed E-state index contributed by atoms with van der Waals surface area (Å²) in [6.07, 6.45) is 1.34. The maximum Gasteiger partial charge on any atom is 0.247 e. The molecule has 1 N–H and O–H groups in total. The normalized spacial score (nSPS) is 10.6. The molecule has 0 fully saturated rings. The van der Waals surface area contributed by atoms with E-state index in [4.69, 9.17) is 4.42 Å². The van der Waals surface area contributed by atoms with Gasteiger partial charge < -0.3 is 9.73 Å². The largest absolute Gasteiger partial charge is 0.423 e. The third kappa shape index (κ3) is 2.94. The van der Waals surface area contributed by atoms with E-state index in [2.05, 4.69) is 47.6 Å². The molecule has 0 aliphatic heterocycles. The number of aryl methyl sites for hydroxylation is 1. The van der Waals surface area contributed by atoms with Crippen molar-refractivity contribution in [3.63, 3.8) is 0 Å². The molecule has 2 aromatic carbocycles. The van der Waals surface area contributed by atoms with Crippen molar-refractivity contribution in [1.29, 1.82) is 0 Å². The van der Waals surface area contributed by atoms with Gasteiger partial charge in [0.05, 0.1) is 0 Å². The molecule has 21 heavy (non-hydrogen) atoms. The zero-order valence-electron chi connectivity index (χ0n) is 12.1. The van der Waals surface area contributed by atoms with E-state index in [1.165, 1.54) is 23.1 Å². The number of benzene rings is 2. The van der Waals surface area contributed by atoms with Crippen molar-refractivity contribution in [2.75, 3.05) is 5.32 Å². The topological polar surface area (TPSA) is 51.0 Å². The molecule has 3 rings (SSSR count). The lowest BCUT2D eigenvalue weighted by molar-refractivity contribution is 0.568. The van der Waals surface area contributed by atoms with Crippen LogP contribution in [-0.4, -0.2) is 10.2 Å². The van der Waals surface area contributed by atoms with E-state index >= 15 is 0 Å². The van der Waals surface area contributed by atoms with Gasteiger partial charge in [0, 0.05) is 17.8 Å². The SMILES string of the molecule is Cc1cccc(CNc2cccc(-c3nnco3)c2)c1C. The van der Waals surface area contributed by atoms with E-state index in [1.54, 1.807) is 0 Å². The van der Waals surface area contributed by atoms with Crippen molar-refractivity contribution in [3.05, 3.63) is 65.5 Å². The quantitative estimate of drug-likeness (QED) is 0.785. The van der Waals surface area contributed by atoms with E-state index < -0.39 is 0 Å². The second kappa shape index (κ2) is 5.79. The summed E-state index contributed by atoms with van der Waals surface area (Å²) >= 11 is 0. The van der Waals surface area contributed by atoms with Crippen LogP contribution >= 0.6 is 0 Å². The Labute approximate surface area is 123 Å². The second-order valence-electron chi connectivity index (χ2n) is 5.04. The molecule has 4 heteroatoms. The number of anilines is 1. The van der Waals surface area contributed by atoms with Crippen molar-refractivity contribution in [2.24, 2.45) is 0 Å². The van der Waals surface area contributed by atoms with Gasteiger partial charge in [-0.2, -0.15) is 0 Å². The van der Waals surface area contributed by atoms with Crippen LogP contribution in [0.25, 0.3) is 11.5 Å². The van der Waals surface area contributed by atoms with Gasteiger partial charge in [0.1, 0.15) is 0 Å². The molecule has 4 nitrogen and oxygen atoms in total. The molecule has 3 aromatic rings. The molecule has 0 saturated carbocycles. The summed E-state index contributed by atoms with van der Waals surface area (Å²) in [5.74, 6) is 0.533. The Kier molecular flexibility index (Phi) is 3.69. The molecule has 0 amide bonds. The van der Waals surface area contributed by atoms with Crippen molar-refractivity contribution < 1.29 is 4.42 Å². The monoisotopic (exact) mass is 279 g/mol. The first-order valence-electron chi connectivity index (χ1n) is 6.89. The summed E-state index contributed by atoms with van der Waals surface area (Å²) in [4.78, 5) is 0. The van der Waals surface area contributed by atoms with Crippen LogP contribution in [0.4, 0.5) is 5.69 Å². The predicted octanol–water partition coefficient (Wildman–Crippen LogP) is 3.97. The van der Waals surface area contributed by atoms with Crippen LogP contribution < -0.4 is 5.32 Å². The van der Waals surface area contributed by atoms with Crippen LogP contribution in [0.3, 0.4) is 0 Å². The number of rotatable bonds is 4. The van der Waals surface area contributed by atoms with Gasteiger partial charge in [0.25, 0.3) is 0 Å². The highest BCUT2D eigenvalue weighted by molar-refractivity contribution is 5.61. The third-order valence-electron chi connectivity index (χ3n) is 3.67. The summed E-state index contributed by atoms with van der Waals surface area (Å²) in [5.41, 5.74) is 5.90. The van der Waals surface area contributed by atoms with Gasteiger partial charge in [0.15, 0.2) is 0 Å². The Morgan fingerprint density at radius 3 is 2.76 bits per heavy atom. The average Bonchev–Trinajstić information content (AvgIpc) is 3.03. The third-order valence-corrected chi connectivity index (χ3v) is 3.67. The first-order valence-corrected chi connectivity index (χ1v) is 6.89. The lowest BCUT2D eigenvalue weighted by Crippen LogP contribution is -2.02. The zero-order chi connectivity index (χ0) is 14.7. The Morgan fingerprint density at radius 1 is 1.10 bits per heavy atom. The molecule has 0 aliphatic rings. The van der Waals surface area contributed by atoms with E-state index in [-0.39, 0.29) is 0 Å². The van der Waals surface area contributed by atoms with Crippen LogP contribution in [-0.2, 0) is 6.54 Å². The first kappa shape index (κ1) is 13.4. The second-order valence-corrected chi connectivity index (χ2v) is 5.04. The summed E-state index contributed by atoms with van der Waals surface area (Å²) < 4.78 is 5.22. The minimum Gasteiger partial charge on any atom is -0.423 e. The van der Waals surface area contributed by atoms with Crippen molar-refractivity contribution >= 4 is 5.69 Å². The first-order chi connectivity index (χ1) is 10.2. The van der Waals surface area contributed by atoms with E-state index in [1.807, 2.05) is 24.3 Å². The van der Waals surface area contributed by atoms with Gasteiger partial charge in [-0.3, -0.25) is 0 Å². The molecule has 0 spiro atoms. The highest BCUT2D eigenvalue weighted by Gasteiger charge is 2.05. The number of nitrogens with zero attached hydrogens (tertiary/aromatic N) is 2. The molecular formula is C17H17N3O. The van der Waals surface area contributed by atoms with Crippen LogP contribution in [0.1, 0.15) is 16.7 Å². The number of hydrogen-bond donors (Lipinski definition) is 1. The van der Waals surface area contributed by atoms with Crippen molar-refractivity contribution in [1.82, 2.24) is 10.2 Å². The summed E-state index contributed by atoms with van der Waals surface area (Å²) in [6.45, 7) is 5.08. The van der Waals surface area contributed by atoms with Crippen molar-refractivity contribution in [2.45, 2.75) is 20.4 Å². The maximum atomic E-state index is 5.22. The number of aromatic nitrogens is 2. The highest BCUT2D eigenvalue weighted by Crippen LogP contribution is 2.21. The molecule has 0 aliphatic carbocycles. The Bertz CT molecular complexity index is 736. The molecule has 1 heterocycles. The van der Waals surface area contributed by atoms with Gasteiger partial charge >= 0.3 is 0 Å². The molecular weight excluding hydrogens is 262 g/mol. The van der Waals surface area contributed by atoms with Gasteiger partial charge in [0.2, 0.25) is 12.3 Å². The van der Waals surface area contributed by atoms with Gasteiger partial charge in [-0.05, 0) is 48.7 Å². The summed E-state index contributed by atoms with van der Waals surface area (Å²) in [5, 5.41) is 11.1. The van der Waals surface area contributed by atoms with Crippen LogP contribution in [0.2, 0.25) is 0 Å². The molecule has 0 atom stereocenters. The summed E-state index contributed by atoms with van der Waals surface area (Å²) in [7, 11) is 0. The Morgan fingerprint density at radius 2 is 1.95 bits per heavy atom. The molecule has 0 radical (unpaired) electrons. The van der Waals surface area contributed by atoms with E-state index in [9.17, 15) is 0 Å². The minimum atomic E-state index is 0.533. The fourth-order valence-electron chi connectivity index (χ4n) is 2.26. The Balaban J connectivity index is 1.77.